The van der Waals surface area contributed by atoms with Crippen LogP contribution >= 0.6 is 0 Å². The zero-order valence-electron chi connectivity index (χ0n) is 16.5. The van der Waals surface area contributed by atoms with Crippen molar-refractivity contribution in [2.24, 2.45) is 0 Å². The predicted molar refractivity (Wildman–Crippen MR) is 107 cm³/mol. The van der Waals surface area contributed by atoms with Crippen molar-refractivity contribution in [2.45, 2.75) is 32.9 Å². The molecule has 1 atom stereocenters. The van der Waals surface area contributed by atoms with Gasteiger partial charge in [-0.2, -0.15) is 0 Å². The molecule has 1 fully saturated rings. The number of hydrogen-bond donors (Lipinski definition) is 1. The number of aryl methyl sites for hydroxylation is 1. The first kappa shape index (κ1) is 20.5. The molecule has 1 saturated heterocycles. The normalized spacial score (nSPS) is 15.4. The van der Waals surface area contributed by atoms with E-state index in [1.165, 1.54) is 21.9 Å². The number of anilines is 1. The molecule has 152 valence electrons. The van der Waals surface area contributed by atoms with E-state index in [1.807, 2.05) is 26.0 Å². The summed E-state index contributed by atoms with van der Waals surface area (Å²) in [5.41, 5.74) is 2.46. The fourth-order valence-electron chi connectivity index (χ4n) is 3.36. The summed E-state index contributed by atoms with van der Waals surface area (Å²) in [7, 11) is 0. The monoisotopic (exact) mass is 397 g/mol. The molecule has 3 amide bonds. The molecule has 6 nitrogen and oxygen atoms in total. The summed E-state index contributed by atoms with van der Waals surface area (Å²) in [6.45, 7) is 4.57. The van der Waals surface area contributed by atoms with Gasteiger partial charge in [-0.25, -0.2) is 4.39 Å². The van der Waals surface area contributed by atoms with E-state index >= 15 is 0 Å². The van der Waals surface area contributed by atoms with Gasteiger partial charge in [0.1, 0.15) is 11.9 Å². The van der Waals surface area contributed by atoms with Crippen LogP contribution in [0.2, 0.25) is 0 Å². The Morgan fingerprint density at radius 3 is 2.31 bits per heavy atom. The highest BCUT2D eigenvalue weighted by Gasteiger charge is 2.38. The number of hydrogen-bond acceptors (Lipinski definition) is 3. The molecule has 2 aromatic carbocycles. The standard InChI is InChI=1S/C22H24FN3O3/c1-3-19(20(27)24-18-10-4-15(2)5-11-18)26-13-12-25(21(28)22(26)29)14-16-6-8-17(23)9-7-16/h4-11,19H,3,12-14H2,1-2H3,(H,24,27)/t19-/m0/s1. The maximum absolute atomic E-state index is 13.1. The van der Waals surface area contributed by atoms with Gasteiger partial charge < -0.3 is 15.1 Å². The molecule has 0 spiro atoms. The Morgan fingerprint density at radius 2 is 1.69 bits per heavy atom. The third kappa shape index (κ3) is 4.80. The number of nitrogens with zero attached hydrogens (tertiary/aromatic N) is 2. The zero-order valence-corrected chi connectivity index (χ0v) is 16.5. The van der Waals surface area contributed by atoms with Crippen LogP contribution in [-0.4, -0.2) is 46.7 Å². The third-order valence-electron chi connectivity index (χ3n) is 5.01. The summed E-state index contributed by atoms with van der Waals surface area (Å²) in [5, 5.41) is 2.82. The summed E-state index contributed by atoms with van der Waals surface area (Å²) in [6.07, 6.45) is 0.397. The molecule has 1 N–H and O–H groups in total. The highest BCUT2D eigenvalue weighted by Crippen LogP contribution is 2.17. The average molecular weight is 397 g/mol. The molecule has 0 saturated carbocycles. The molecule has 3 rings (SSSR count). The smallest absolute Gasteiger partial charge is 0.312 e. The number of carbonyl (C=O) groups excluding carboxylic acids is 3. The van der Waals surface area contributed by atoms with Crippen molar-refractivity contribution in [1.82, 2.24) is 9.80 Å². The van der Waals surface area contributed by atoms with E-state index in [0.717, 1.165) is 11.1 Å². The number of halogens is 1. The second kappa shape index (κ2) is 8.86. The lowest BCUT2D eigenvalue weighted by Gasteiger charge is -2.37. The van der Waals surface area contributed by atoms with Crippen molar-refractivity contribution >= 4 is 23.4 Å². The molecule has 1 aliphatic rings. The van der Waals surface area contributed by atoms with Gasteiger partial charge in [0.25, 0.3) is 0 Å². The average Bonchev–Trinajstić information content (AvgIpc) is 2.71. The number of benzene rings is 2. The summed E-state index contributed by atoms with van der Waals surface area (Å²) >= 11 is 0. The maximum Gasteiger partial charge on any atom is 0.312 e. The molecule has 0 aliphatic carbocycles. The van der Waals surface area contributed by atoms with Crippen LogP contribution in [0.1, 0.15) is 24.5 Å². The summed E-state index contributed by atoms with van der Waals surface area (Å²) < 4.78 is 13.1. The number of amides is 3. The van der Waals surface area contributed by atoms with Crippen LogP contribution in [-0.2, 0) is 20.9 Å². The van der Waals surface area contributed by atoms with E-state index in [-0.39, 0.29) is 24.8 Å². The van der Waals surface area contributed by atoms with Gasteiger partial charge in [-0.3, -0.25) is 14.4 Å². The van der Waals surface area contributed by atoms with Gasteiger partial charge in [-0.1, -0.05) is 36.8 Å². The fourth-order valence-corrected chi connectivity index (χ4v) is 3.36. The van der Waals surface area contributed by atoms with E-state index in [1.54, 1.807) is 24.3 Å². The van der Waals surface area contributed by atoms with Gasteiger partial charge in [0, 0.05) is 25.3 Å². The Bertz CT molecular complexity index is 897. The van der Waals surface area contributed by atoms with Crippen molar-refractivity contribution in [3.63, 3.8) is 0 Å². The molecule has 0 unspecified atom stereocenters. The van der Waals surface area contributed by atoms with Crippen LogP contribution in [0.3, 0.4) is 0 Å². The summed E-state index contributed by atoms with van der Waals surface area (Å²) in [6, 6.07) is 12.5. The molecule has 29 heavy (non-hydrogen) atoms. The Labute approximate surface area is 169 Å². The van der Waals surface area contributed by atoms with Gasteiger partial charge >= 0.3 is 11.8 Å². The Morgan fingerprint density at radius 1 is 1.03 bits per heavy atom. The number of rotatable bonds is 6. The van der Waals surface area contributed by atoms with Crippen LogP contribution in [0.15, 0.2) is 48.5 Å². The molecule has 0 aromatic heterocycles. The van der Waals surface area contributed by atoms with Crippen LogP contribution in [0.4, 0.5) is 10.1 Å². The van der Waals surface area contributed by atoms with E-state index in [4.69, 9.17) is 0 Å². The van der Waals surface area contributed by atoms with E-state index in [2.05, 4.69) is 5.32 Å². The Hall–Kier alpha value is -3.22. The summed E-state index contributed by atoms with van der Waals surface area (Å²) in [4.78, 5) is 40.7. The lowest BCUT2D eigenvalue weighted by Crippen LogP contribution is -2.59. The van der Waals surface area contributed by atoms with E-state index < -0.39 is 17.9 Å². The van der Waals surface area contributed by atoms with E-state index in [9.17, 15) is 18.8 Å². The SMILES string of the molecule is CC[C@@H](C(=O)Nc1ccc(C)cc1)N1CCN(Cc2ccc(F)cc2)C(=O)C1=O. The predicted octanol–water partition coefficient (Wildman–Crippen LogP) is 2.72. The lowest BCUT2D eigenvalue weighted by molar-refractivity contribution is -0.159. The molecule has 1 heterocycles. The van der Waals surface area contributed by atoms with Gasteiger partial charge in [0.2, 0.25) is 5.91 Å². The van der Waals surface area contributed by atoms with Crippen LogP contribution in [0, 0.1) is 12.7 Å². The summed E-state index contributed by atoms with van der Waals surface area (Å²) in [5.74, 6) is -2.01. The minimum Gasteiger partial charge on any atom is -0.328 e. The molecule has 0 bridgehead atoms. The first-order valence-corrected chi connectivity index (χ1v) is 9.61. The van der Waals surface area contributed by atoms with Crippen molar-refractivity contribution in [1.29, 1.82) is 0 Å². The van der Waals surface area contributed by atoms with Crippen molar-refractivity contribution in [3.05, 3.63) is 65.5 Å². The van der Waals surface area contributed by atoms with Crippen LogP contribution in [0.25, 0.3) is 0 Å². The minimum absolute atomic E-state index is 0.227. The second-order valence-corrected chi connectivity index (χ2v) is 7.13. The van der Waals surface area contributed by atoms with Crippen LogP contribution < -0.4 is 5.32 Å². The fraction of sp³-hybridized carbons (Fsp3) is 0.318. The molecule has 0 radical (unpaired) electrons. The largest absolute Gasteiger partial charge is 0.328 e. The molecular weight excluding hydrogens is 373 g/mol. The van der Waals surface area contributed by atoms with Crippen LogP contribution in [0.5, 0.6) is 0 Å². The van der Waals surface area contributed by atoms with Gasteiger partial charge in [-0.05, 0) is 43.2 Å². The van der Waals surface area contributed by atoms with Gasteiger partial charge in [0.15, 0.2) is 0 Å². The topological polar surface area (TPSA) is 69.7 Å². The molecule has 2 aromatic rings. The first-order valence-electron chi connectivity index (χ1n) is 9.61. The van der Waals surface area contributed by atoms with Gasteiger partial charge in [-0.15, -0.1) is 0 Å². The minimum atomic E-state index is -0.722. The lowest BCUT2D eigenvalue weighted by atomic mass is 10.1. The van der Waals surface area contributed by atoms with Crippen molar-refractivity contribution in [3.8, 4) is 0 Å². The number of nitrogens with one attached hydrogen (secondary N) is 1. The molecular formula is C22H24FN3O3. The quantitative estimate of drug-likeness (QED) is 0.762. The molecule has 1 aliphatic heterocycles. The number of piperazine rings is 1. The number of carbonyl (C=O) groups is 3. The molecule has 7 heteroatoms. The first-order chi connectivity index (χ1) is 13.9. The zero-order chi connectivity index (χ0) is 21.0. The maximum atomic E-state index is 13.1. The third-order valence-corrected chi connectivity index (χ3v) is 5.01. The van der Waals surface area contributed by atoms with Crippen molar-refractivity contribution in [2.75, 3.05) is 18.4 Å². The van der Waals surface area contributed by atoms with E-state index in [0.29, 0.717) is 18.7 Å². The highest BCUT2D eigenvalue weighted by molar-refractivity contribution is 6.35. The highest BCUT2D eigenvalue weighted by atomic mass is 19.1. The van der Waals surface area contributed by atoms with Gasteiger partial charge in [0.05, 0.1) is 0 Å². The Kier molecular flexibility index (Phi) is 6.26. The second-order valence-electron chi connectivity index (χ2n) is 7.13. The Balaban J connectivity index is 1.66. The van der Waals surface area contributed by atoms with Crippen molar-refractivity contribution < 1.29 is 18.8 Å².